The number of carbonyl (C=O) groups excluding carboxylic acids is 1. The normalized spacial score (nSPS) is 19.2. The summed E-state index contributed by atoms with van der Waals surface area (Å²) in [5.74, 6) is -0.289. The molecule has 0 saturated heterocycles. The van der Waals surface area contributed by atoms with Crippen LogP contribution in [0.25, 0.3) is 16.5 Å². The molecule has 0 aliphatic heterocycles. The maximum absolute atomic E-state index is 12.4. The van der Waals surface area contributed by atoms with Gasteiger partial charge in [0.15, 0.2) is 0 Å². The number of aliphatic carboxylic acids is 1. The Morgan fingerprint density at radius 3 is 2.41 bits per heavy atom. The molecule has 0 saturated carbocycles. The van der Waals surface area contributed by atoms with Crippen LogP contribution in [0.15, 0.2) is 85.1 Å². The highest BCUT2D eigenvalue weighted by molar-refractivity contribution is 7.99. The smallest absolute Gasteiger partial charge is 0.408 e. The number of alkyl carbamates (subject to hydrolysis) is 1. The summed E-state index contributed by atoms with van der Waals surface area (Å²) in [6.45, 7) is 6.76. The van der Waals surface area contributed by atoms with E-state index in [4.69, 9.17) is 4.74 Å². The van der Waals surface area contributed by atoms with Crippen molar-refractivity contribution >= 4 is 40.3 Å². The quantitative estimate of drug-likeness (QED) is 0.357. The molecular weight excluding hydrogens is 484 g/mol. The Labute approximate surface area is 222 Å². The number of carboxylic acids is 1. The lowest BCUT2D eigenvalue weighted by molar-refractivity contribution is -0.143. The summed E-state index contributed by atoms with van der Waals surface area (Å²) in [5.41, 5.74) is 0.869. The number of hydrogen-bond donors (Lipinski definition) is 2. The van der Waals surface area contributed by atoms with Gasteiger partial charge in [-0.3, -0.25) is 0 Å². The van der Waals surface area contributed by atoms with Crippen molar-refractivity contribution < 1.29 is 19.4 Å². The number of nitrogens with zero attached hydrogens (tertiary/aromatic N) is 1. The molecular formula is C30H34N2O4S. The third kappa shape index (κ3) is 6.10. The Kier molecular flexibility index (Phi) is 7.55. The summed E-state index contributed by atoms with van der Waals surface area (Å²) < 4.78 is 7.60. The minimum absolute atomic E-state index is 0.186. The van der Waals surface area contributed by atoms with Crippen molar-refractivity contribution in [2.24, 2.45) is 0 Å². The van der Waals surface area contributed by atoms with E-state index in [2.05, 4.69) is 64.6 Å². The fourth-order valence-electron chi connectivity index (χ4n) is 4.45. The maximum atomic E-state index is 12.4. The Morgan fingerprint density at radius 1 is 1.05 bits per heavy atom. The van der Waals surface area contributed by atoms with Crippen molar-refractivity contribution in [1.82, 2.24) is 9.88 Å². The minimum atomic E-state index is -1.48. The Morgan fingerprint density at radius 2 is 1.76 bits per heavy atom. The van der Waals surface area contributed by atoms with Crippen LogP contribution in [0.5, 0.6) is 0 Å². The van der Waals surface area contributed by atoms with E-state index in [-0.39, 0.29) is 5.75 Å². The monoisotopic (exact) mass is 518 g/mol. The molecule has 4 rings (SSSR count). The molecule has 1 amide bonds. The number of carboxylic acid groups (broad SMARTS) is 1. The third-order valence-electron chi connectivity index (χ3n) is 6.43. The first kappa shape index (κ1) is 26.6. The molecule has 2 aromatic carbocycles. The van der Waals surface area contributed by atoms with Crippen LogP contribution in [0.2, 0.25) is 0 Å². The first-order valence-corrected chi connectivity index (χ1v) is 13.5. The molecule has 0 spiro atoms. The van der Waals surface area contributed by atoms with Crippen LogP contribution >= 0.6 is 11.8 Å². The van der Waals surface area contributed by atoms with E-state index in [1.54, 1.807) is 20.8 Å². The predicted molar refractivity (Wildman–Crippen MR) is 151 cm³/mol. The molecule has 1 heterocycles. The number of nitrogens with one attached hydrogen (secondary N) is 1. The van der Waals surface area contributed by atoms with Gasteiger partial charge in [0.2, 0.25) is 0 Å². The zero-order valence-corrected chi connectivity index (χ0v) is 22.5. The number of rotatable bonds is 8. The van der Waals surface area contributed by atoms with Gasteiger partial charge in [-0.15, -0.1) is 0 Å². The standard InChI is InChI=1S/C30H34N2O4S/c1-28(2,3)36-27(35)31-29(4,26(33)34)20-37-21-30(32-19-16-24-12-8-9-13-25(24)32)17-14-23(15-18-30)22-10-6-5-7-11-22/h5-17,19H,18,20-21H2,1-4H3,(H,31,35)(H,33,34)/t29-,30-/m0/s1. The SMILES string of the molecule is CC(C)(C)OC(=O)N[C@@](C)(CSC[C@]1(n2ccc3ccccc32)C=CC(c2ccccc2)=CC1)C(=O)O. The van der Waals surface area contributed by atoms with E-state index in [9.17, 15) is 14.7 Å². The van der Waals surface area contributed by atoms with Crippen molar-refractivity contribution in [3.63, 3.8) is 0 Å². The first-order chi connectivity index (χ1) is 17.5. The van der Waals surface area contributed by atoms with Crippen LogP contribution in [0.1, 0.15) is 39.7 Å². The average Bonchev–Trinajstić information content (AvgIpc) is 3.28. The summed E-state index contributed by atoms with van der Waals surface area (Å²) in [6, 6.07) is 20.6. The van der Waals surface area contributed by atoms with Crippen molar-refractivity contribution in [2.45, 2.75) is 50.8 Å². The van der Waals surface area contributed by atoms with E-state index in [0.717, 1.165) is 22.9 Å². The molecule has 0 radical (unpaired) electrons. The van der Waals surface area contributed by atoms with Crippen LogP contribution in [0, 0.1) is 0 Å². The average molecular weight is 519 g/mol. The van der Waals surface area contributed by atoms with E-state index >= 15 is 0 Å². The van der Waals surface area contributed by atoms with Crippen LogP contribution in [0.3, 0.4) is 0 Å². The molecule has 1 aliphatic carbocycles. The van der Waals surface area contributed by atoms with Crippen molar-refractivity contribution in [3.05, 3.63) is 90.7 Å². The Hall–Kier alpha value is -3.45. The zero-order chi connectivity index (χ0) is 26.7. The van der Waals surface area contributed by atoms with Crippen molar-refractivity contribution in [1.29, 1.82) is 0 Å². The summed E-state index contributed by atoms with van der Waals surface area (Å²) >= 11 is 1.51. The largest absolute Gasteiger partial charge is 0.479 e. The molecule has 3 aromatic rings. The van der Waals surface area contributed by atoms with Gasteiger partial charge in [-0.25, -0.2) is 9.59 Å². The summed E-state index contributed by atoms with van der Waals surface area (Å²) in [4.78, 5) is 24.6. The molecule has 1 aliphatic rings. The molecule has 37 heavy (non-hydrogen) atoms. The summed E-state index contributed by atoms with van der Waals surface area (Å²) in [7, 11) is 0. The molecule has 0 unspecified atom stereocenters. The maximum Gasteiger partial charge on any atom is 0.408 e. The number of para-hydroxylation sites is 1. The fourth-order valence-corrected chi connectivity index (χ4v) is 5.86. The number of fused-ring (bicyclic) bond motifs is 1. The van der Waals surface area contributed by atoms with Crippen LogP contribution in [-0.4, -0.2) is 44.4 Å². The lowest BCUT2D eigenvalue weighted by Crippen LogP contribution is -2.55. The van der Waals surface area contributed by atoms with Gasteiger partial charge in [-0.1, -0.05) is 66.8 Å². The van der Waals surface area contributed by atoms with Crippen LogP contribution in [0.4, 0.5) is 4.79 Å². The van der Waals surface area contributed by atoms with Gasteiger partial charge < -0.3 is 19.7 Å². The number of ether oxygens (including phenoxy) is 1. The van der Waals surface area contributed by atoms with Gasteiger partial charge in [-0.05, 0) is 62.8 Å². The third-order valence-corrected chi connectivity index (χ3v) is 7.91. The predicted octanol–water partition coefficient (Wildman–Crippen LogP) is 6.48. The van der Waals surface area contributed by atoms with Crippen molar-refractivity contribution in [3.8, 4) is 0 Å². The highest BCUT2D eigenvalue weighted by Crippen LogP contribution is 2.38. The lowest BCUT2D eigenvalue weighted by atomic mass is 9.87. The molecule has 6 nitrogen and oxygen atoms in total. The molecule has 0 fully saturated rings. The minimum Gasteiger partial charge on any atom is -0.479 e. The number of benzene rings is 2. The first-order valence-electron chi connectivity index (χ1n) is 12.4. The second-order valence-corrected chi connectivity index (χ2v) is 11.7. The molecule has 2 atom stereocenters. The second-order valence-electron chi connectivity index (χ2n) is 10.7. The lowest BCUT2D eigenvalue weighted by Gasteiger charge is -2.36. The number of hydrogen-bond acceptors (Lipinski definition) is 4. The molecule has 2 N–H and O–H groups in total. The molecule has 0 bridgehead atoms. The van der Waals surface area contributed by atoms with E-state index in [0.29, 0.717) is 5.75 Å². The fraction of sp³-hybridized carbons (Fsp3) is 0.333. The molecule has 1 aromatic heterocycles. The topological polar surface area (TPSA) is 80.6 Å². The Bertz CT molecular complexity index is 1340. The van der Waals surface area contributed by atoms with Crippen molar-refractivity contribution in [2.75, 3.05) is 11.5 Å². The summed E-state index contributed by atoms with van der Waals surface area (Å²) in [5, 5.41) is 13.7. The Balaban J connectivity index is 1.58. The van der Waals surface area contributed by atoms with E-state index in [1.165, 1.54) is 24.3 Å². The number of carbonyl (C=O) groups is 2. The highest BCUT2D eigenvalue weighted by atomic mass is 32.2. The number of allylic oxidation sites excluding steroid dienone is 4. The van der Waals surface area contributed by atoms with E-state index < -0.39 is 28.7 Å². The molecule has 194 valence electrons. The molecule has 7 heteroatoms. The highest BCUT2D eigenvalue weighted by Gasteiger charge is 2.38. The van der Waals surface area contributed by atoms with E-state index in [1.807, 2.05) is 30.3 Å². The van der Waals surface area contributed by atoms with Gasteiger partial charge in [-0.2, -0.15) is 11.8 Å². The number of thioether (sulfide) groups is 1. The second kappa shape index (κ2) is 10.5. The van der Waals surface area contributed by atoms with Gasteiger partial charge in [0.1, 0.15) is 11.1 Å². The van der Waals surface area contributed by atoms with Crippen LogP contribution < -0.4 is 5.32 Å². The number of aromatic nitrogens is 1. The van der Waals surface area contributed by atoms with Gasteiger partial charge in [0.25, 0.3) is 0 Å². The van der Waals surface area contributed by atoms with Gasteiger partial charge in [0, 0.05) is 23.2 Å². The zero-order valence-electron chi connectivity index (χ0n) is 21.7. The van der Waals surface area contributed by atoms with Gasteiger partial charge >= 0.3 is 12.1 Å². The number of amides is 1. The van der Waals surface area contributed by atoms with Gasteiger partial charge in [0.05, 0.1) is 5.54 Å². The summed E-state index contributed by atoms with van der Waals surface area (Å²) in [6.07, 6.45) is 8.75. The van der Waals surface area contributed by atoms with Crippen LogP contribution in [-0.2, 0) is 15.1 Å².